The van der Waals surface area contributed by atoms with Gasteiger partial charge in [-0.15, -0.1) is 0 Å². The summed E-state index contributed by atoms with van der Waals surface area (Å²) in [7, 11) is 4.26. The quantitative estimate of drug-likeness (QED) is 0.709. The van der Waals surface area contributed by atoms with Crippen molar-refractivity contribution >= 4 is 5.97 Å². The molecule has 1 aliphatic heterocycles. The van der Waals surface area contributed by atoms with E-state index in [4.69, 9.17) is 0 Å². The number of piperidine rings is 1. The molecule has 0 radical (unpaired) electrons. The van der Waals surface area contributed by atoms with Gasteiger partial charge in [0.2, 0.25) is 0 Å². The molecule has 0 aromatic heterocycles. The lowest BCUT2D eigenvalue weighted by Crippen LogP contribution is -2.47. The molecule has 2 N–H and O–H groups in total. The van der Waals surface area contributed by atoms with E-state index in [0.717, 1.165) is 32.5 Å². The molecule has 2 atom stereocenters. The van der Waals surface area contributed by atoms with Crippen LogP contribution in [0.3, 0.4) is 0 Å². The smallest absolute Gasteiger partial charge is 0.320 e. The number of rotatable bonds is 7. The molecule has 0 spiro atoms. The first-order valence-electron chi connectivity index (χ1n) is 7.44. The lowest BCUT2D eigenvalue weighted by atomic mass is 10.0. The summed E-state index contributed by atoms with van der Waals surface area (Å²) in [5.74, 6) is -0.701. The van der Waals surface area contributed by atoms with E-state index in [-0.39, 0.29) is 6.04 Å². The monoisotopic (exact) mass is 269 g/mol. The molecule has 0 aromatic carbocycles. The Morgan fingerprint density at radius 3 is 2.74 bits per heavy atom. The van der Waals surface area contributed by atoms with E-state index >= 15 is 0 Å². The maximum Gasteiger partial charge on any atom is 0.320 e. The Morgan fingerprint density at radius 2 is 2.16 bits per heavy atom. The van der Waals surface area contributed by atoms with Gasteiger partial charge in [-0.1, -0.05) is 0 Å². The third kappa shape index (κ3) is 4.75. The van der Waals surface area contributed by atoms with Crippen molar-refractivity contribution in [1.82, 2.24) is 15.1 Å². The normalized spacial score (nSPS) is 26.6. The molecule has 0 aromatic rings. The number of nitrogens with zero attached hydrogens (tertiary/aromatic N) is 2. The van der Waals surface area contributed by atoms with Gasteiger partial charge in [-0.3, -0.25) is 4.79 Å². The van der Waals surface area contributed by atoms with Gasteiger partial charge in [-0.2, -0.15) is 0 Å². The van der Waals surface area contributed by atoms with E-state index in [1.807, 2.05) is 0 Å². The van der Waals surface area contributed by atoms with E-state index in [1.54, 1.807) is 0 Å². The maximum atomic E-state index is 11.2. The second-order valence-electron chi connectivity index (χ2n) is 6.18. The number of likely N-dealkylation sites (tertiary alicyclic amines) is 1. The highest BCUT2D eigenvalue weighted by molar-refractivity contribution is 5.73. The Balaban J connectivity index is 1.74. The van der Waals surface area contributed by atoms with E-state index in [2.05, 4.69) is 29.2 Å². The van der Waals surface area contributed by atoms with Crippen molar-refractivity contribution in [1.29, 1.82) is 0 Å². The van der Waals surface area contributed by atoms with E-state index in [1.165, 1.54) is 12.8 Å². The van der Waals surface area contributed by atoms with Crippen LogP contribution in [0.1, 0.15) is 32.1 Å². The van der Waals surface area contributed by atoms with Crippen molar-refractivity contribution in [2.45, 2.75) is 50.2 Å². The fraction of sp³-hybridized carbons (Fsp3) is 0.929. The SMILES string of the molecule is CN(C)C1CCCN(CCC(NC2CC2)C(=O)O)C1. The van der Waals surface area contributed by atoms with Crippen molar-refractivity contribution in [3.05, 3.63) is 0 Å². The first-order valence-corrected chi connectivity index (χ1v) is 7.44. The van der Waals surface area contributed by atoms with Crippen LogP contribution in [0.5, 0.6) is 0 Å². The zero-order valence-electron chi connectivity index (χ0n) is 12.1. The number of hydrogen-bond acceptors (Lipinski definition) is 4. The zero-order chi connectivity index (χ0) is 13.8. The summed E-state index contributed by atoms with van der Waals surface area (Å²) in [5.41, 5.74) is 0. The topological polar surface area (TPSA) is 55.8 Å². The summed E-state index contributed by atoms with van der Waals surface area (Å²) in [6.07, 6.45) is 5.46. The first kappa shape index (κ1) is 14.8. The van der Waals surface area contributed by atoms with Crippen LogP contribution in [0.25, 0.3) is 0 Å². The predicted molar refractivity (Wildman–Crippen MR) is 75.3 cm³/mol. The molecule has 1 saturated carbocycles. The lowest BCUT2D eigenvalue weighted by Gasteiger charge is -2.36. The van der Waals surface area contributed by atoms with Crippen LogP contribution < -0.4 is 5.32 Å². The molecule has 5 heteroatoms. The van der Waals surface area contributed by atoms with Crippen molar-refractivity contribution in [3.63, 3.8) is 0 Å². The van der Waals surface area contributed by atoms with Gasteiger partial charge >= 0.3 is 5.97 Å². The van der Waals surface area contributed by atoms with Crippen LogP contribution in [-0.4, -0.2) is 72.7 Å². The average Bonchev–Trinajstić information content (AvgIpc) is 3.18. The van der Waals surface area contributed by atoms with Gasteiger partial charge < -0.3 is 20.2 Å². The lowest BCUT2D eigenvalue weighted by molar-refractivity contribution is -0.139. The molecule has 2 fully saturated rings. The minimum Gasteiger partial charge on any atom is -0.480 e. The molecule has 2 unspecified atom stereocenters. The third-order valence-corrected chi connectivity index (χ3v) is 4.26. The number of nitrogens with one attached hydrogen (secondary N) is 1. The Kier molecular flexibility index (Phi) is 5.19. The van der Waals surface area contributed by atoms with Gasteiger partial charge in [0, 0.05) is 25.2 Å². The number of likely N-dealkylation sites (N-methyl/N-ethyl adjacent to an activating group) is 1. The van der Waals surface area contributed by atoms with Gasteiger partial charge in [-0.25, -0.2) is 0 Å². The molecule has 2 aliphatic rings. The number of carboxylic acids is 1. The van der Waals surface area contributed by atoms with Crippen molar-refractivity contribution < 1.29 is 9.90 Å². The molecular weight excluding hydrogens is 242 g/mol. The Labute approximate surface area is 115 Å². The van der Waals surface area contributed by atoms with Crippen molar-refractivity contribution in [2.24, 2.45) is 0 Å². The maximum absolute atomic E-state index is 11.2. The van der Waals surface area contributed by atoms with Crippen molar-refractivity contribution in [2.75, 3.05) is 33.7 Å². The predicted octanol–water partition coefficient (Wildman–Crippen LogP) is 0.608. The summed E-state index contributed by atoms with van der Waals surface area (Å²) >= 11 is 0. The van der Waals surface area contributed by atoms with Crippen LogP contribution in [0.2, 0.25) is 0 Å². The molecule has 0 bridgehead atoms. The minimum atomic E-state index is -0.701. The molecular formula is C14H27N3O2. The molecule has 2 rings (SSSR count). The van der Waals surface area contributed by atoms with Crippen LogP contribution in [-0.2, 0) is 4.79 Å². The minimum absolute atomic E-state index is 0.368. The molecule has 5 nitrogen and oxygen atoms in total. The molecule has 1 saturated heterocycles. The van der Waals surface area contributed by atoms with E-state index in [9.17, 15) is 9.90 Å². The molecule has 19 heavy (non-hydrogen) atoms. The highest BCUT2D eigenvalue weighted by Crippen LogP contribution is 2.20. The number of hydrogen-bond donors (Lipinski definition) is 2. The van der Waals surface area contributed by atoms with Gasteiger partial charge in [0.1, 0.15) is 6.04 Å². The Bertz CT molecular complexity index is 305. The second-order valence-corrected chi connectivity index (χ2v) is 6.18. The van der Waals surface area contributed by atoms with E-state index in [0.29, 0.717) is 18.5 Å². The summed E-state index contributed by atoms with van der Waals surface area (Å²) in [4.78, 5) is 15.9. The van der Waals surface area contributed by atoms with Crippen LogP contribution in [0, 0.1) is 0 Å². The summed E-state index contributed by atoms with van der Waals surface area (Å²) < 4.78 is 0. The zero-order valence-corrected chi connectivity index (χ0v) is 12.1. The van der Waals surface area contributed by atoms with Crippen molar-refractivity contribution in [3.8, 4) is 0 Å². The summed E-state index contributed by atoms with van der Waals surface area (Å²) in [6, 6.07) is 0.706. The van der Waals surface area contributed by atoms with Gasteiger partial charge in [0.25, 0.3) is 0 Å². The first-order chi connectivity index (χ1) is 9.06. The fourth-order valence-corrected chi connectivity index (χ4v) is 2.78. The highest BCUT2D eigenvalue weighted by atomic mass is 16.4. The molecule has 0 amide bonds. The standard InChI is InChI=1S/C14H27N3O2/c1-16(2)12-4-3-8-17(10-12)9-7-13(14(18)19)15-11-5-6-11/h11-13,15H,3-10H2,1-2H3,(H,18,19). The van der Waals surface area contributed by atoms with Gasteiger partial charge in [0.15, 0.2) is 0 Å². The average molecular weight is 269 g/mol. The molecule has 1 aliphatic carbocycles. The van der Waals surface area contributed by atoms with Gasteiger partial charge in [0.05, 0.1) is 0 Å². The van der Waals surface area contributed by atoms with Gasteiger partial charge in [-0.05, 0) is 52.7 Å². The van der Waals surface area contributed by atoms with Crippen LogP contribution in [0.15, 0.2) is 0 Å². The largest absolute Gasteiger partial charge is 0.480 e. The van der Waals surface area contributed by atoms with Crippen LogP contribution in [0.4, 0.5) is 0 Å². The van der Waals surface area contributed by atoms with Crippen LogP contribution >= 0.6 is 0 Å². The number of aliphatic carboxylic acids is 1. The molecule has 110 valence electrons. The highest BCUT2D eigenvalue weighted by Gasteiger charge is 2.29. The number of carbonyl (C=O) groups is 1. The Morgan fingerprint density at radius 1 is 1.42 bits per heavy atom. The second kappa shape index (κ2) is 6.68. The summed E-state index contributed by atoms with van der Waals surface area (Å²) in [6.45, 7) is 3.07. The number of carboxylic acid groups (broad SMARTS) is 1. The fourth-order valence-electron chi connectivity index (χ4n) is 2.78. The summed E-state index contributed by atoms with van der Waals surface area (Å²) in [5, 5.41) is 12.5. The Hall–Kier alpha value is -0.650. The van der Waals surface area contributed by atoms with E-state index < -0.39 is 5.97 Å². The third-order valence-electron chi connectivity index (χ3n) is 4.26. The molecule has 1 heterocycles.